The van der Waals surface area contributed by atoms with Crippen molar-refractivity contribution in [3.8, 4) is 12.3 Å². The van der Waals surface area contributed by atoms with Crippen LogP contribution in [-0.4, -0.2) is 38.3 Å². The van der Waals surface area contributed by atoms with Gasteiger partial charge in [-0.15, -0.1) is 6.42 Å². The van der Waals surface area contributed by atoms with Crippen molar-refractivity contribution in [3.63, 3.8) is 0 Å². The van der Waals surface area contributed by atoms with Gasteiger partial charge in [0.15, 0.2) is 0 Å². The van der Waals surface area contributed by atoms with Crippen molar-refractivity contribution in [1.82, 2.24) is 9.62 Å². The van der Waals surface area contributed by atoms with Crippen LogP contribution in [0.4, 0.5) is 0 Å². The molecule has 1 aliphatic heterocycles. The molecule has 0 saturated carbocycles. The highest BCUT2D eigenvalue weighted by atomic mass is 32.2. The third-order valence-electron chi connectivity index (χ3n) is 3.85. The number of carbonyl (C=O) groups excluding carboxylic acids is 1. The van der Waals surface area contributed by atoms with Gasteiger partial charge in [0, 0.05) is 18.7 Å². The highest BCUT2D eigenvalue weighted by Gasteiger charge is 2.27. The number of piperidine rings is 1. The second-order valence-electron chi connectivity index (χ2n) is 5.50. The molecule has 1 N–H and O–H groups in total. The SMILES string of the molecule is C#CCNC(=O)c1ccc(S(=O)(=O)N2CCC(C)CC2)cc1. The maximum absolute atomic E-state index is 12.5. The number of nitrogens with one attached hydrogen (secondary N) is 1. The first-order valence-corrected chi connectivity index (χ1v) is 8.71. The van der Waals surface area contributed by atoms with Gasteiger partial charge in [0.1, 0.15) is 0 Å². The van der Waals surface area contributed by atoms with Crippen LogP contribution in [0.25, 0.3) is 0 Å². The quantitative estimate of drug-likeness (QED) is 0.854. The number of carbonyl (C=O) groups is 1. The topological polar surface area (TPSA) is 66.5 Å². The van der Waals surface area contributed by atoms with Crippen molar-refractivity contribution in [3.05, 3.63) is 29.8 Å². The molecule has 0 radical (unpaired) electrons. The fourth-order valence-electron chi connectivity index (χ4n) is 2.39. The molecule has 1 aliphatic rings. The van der Waals surface area contributed by atoms with E-state index in [-0.39, 0.29) is 17.3 Å². The van der Waals surface area contributed by atoms with Crippen LogP contribution >= 0.6 is 0 Å². The Hall–Kier alpha value is -1.84. The maximum Gasteiger partial charge on any atom is 0.252 e. The number of hydrogen-bond acceptors (Lipinski definition) is 3. The molecule has 118 valence electrons. The molecule has 1 saturated heterocycles. The highest BCUT2D eigenvalue weighted by Crippen LogP contribution is 2.23. The minimum absolute atomic E-state index is 0.144. The fourth-order valence-corrected chi connectivity index (χ4v) is 3.86. The van der Waals surface area contributed by atoms with E-state index in [2.05, 4.69) is 18.2 Å². The van der Waals surface area contributed by atoms with Gasteiger partial charge >= 0.3 is 0 Å². The molecule has 0 atom stereocenters. The number of benzene rings is 1. The van der Waals surface area contributed by atoms with E-state index in [0.717, 1.165) is 12.8 Å². The van der Waals surface area contributed by atoms with Crippen LogP contribution in [0.2, 0.25) is 0 Å². The predicted octanol–water partition coefficient (Wildman–Crippen LogP) is 1.47. The Balaban J connectivity index is 2.12. The van der Waals surface area contributed by atoms with Gasteiger partial charge in [-0.2, -0.15) is 4.31 Å². The van der Waals surface area contributed by atoms with Gasteiger partial charge in [-0.25, -0.2) is 8.42 Å². The highest BCUT2D eigenvalue weighted by molar-refractivity contribution is 7.89. The summed E-state index contributed by atoms with van der Waals surface area (Å²) >= 11 is 0. The molecule has 1 fully saturated rings. The largest absolute Gasteiger partial charge is 0.341 e. The number of amides is 1. The Morgan fingerprint density at radius 2 is 1.91 bits per heavy atom. The molecule has 0 spiro atoms. The molecule has 22 heavy (non-hydrogen) atoms. The lowest BCUT2D eigenvalue weighted by Gasteiger charge is -2.29. The van der Waals surface area contributed by atoms with Crippen LogP contribution in [0.5, 0.6) is 0 Å². The molecule has 6 heteroatoms. The second-order valence-corrected chi connectivity index (χ2v) is 7.44. The van der Waals surface area contributed by atoms with Crippen LogP contribution in [0.3, 0.4) is 0 Å². The lowest BCUT2D eigenvalue weighted by molar-refractivity contribution is 0.0958. The van der Waals surface area contributed by atoms with E-state index in [9.17, 15) is 13.2 Å². The van der Waals surface area contributed by atoms with Gasteiger partial charge in [-0.05, 0) is 43.0 Å². The van der Waals surface area contributed by atoms with Crippen molar-refractivity contribution in [2.75, 3.05) is 19.6 Å². The summed E-state index contributed by atoms with van der Waals surface area (Å²) in [6, 6.07) is 5.95. The van der Waals surface area contributed by atoms with E-state index in [1.807, 2.05) is 0 Å². The molecule has 1 heterocycles. The van der Waals surface area contributed by atoms with Crippen molar-refractivity contribution < 1.29 is 13.2 Å². The standard InChI is InChI=1S/C16H20N2O3S/c1-3-10-17-16(19)14-4-6-15(7-5-14)22(20,21)18-11-8-13(2)9-12-18/h1,4-7,13H,8-12H2,2H3,(H,17,19). The zero-order valence-electron chi connectivity index (χ0n) is 12.6. The molecule has 2 rings (SSSR count). The first kappa shape index (κ1) is 16.5. The van der Waals surface area contributed by atoms with Crippen LogP contribution in [0.1, 0.15) is 30.1 Å². The predicted molar refractivity (Wildman–Crippen MR) is 84.8 cm³/mol. The molecule has 5 nitrogen and oxygen atoms in total. The number of hydrogen-bond donors (Lipinski definition) is 1. The number of nitrogens with zero attached hydrogens (tertiary/aromatic N) is 1. The maximum atomic E-state index is 12.5. The van der Waals surface area contributed by atoms with Crippen molar-refractivity contribution in [2.24, 2.45) is 5.92 Å². The Kier molecular flexibility index (Phi) is 5.22. The molecule has 0 unspecified atom stereocenters. The van der Waals surface area contributed by atoms with Crippen LogP contribution in [-0.2, 0) is 10.0 Å². The molecule has 1 aromatic rings. The summed E-state index contributed by atoms with van der Waals surface area (Å²) in [6.45, 7) is 3.38. The summed E-state index contributed by atoms with van der Waals surface area (Å²) in [6.07, 6.45) is 6.84. The Labute approximate surface area is 131 Å². The van der Waals surface area contributed by atoms with E-state index in [4.69, 9.17) is 6.42 Å². The fraction of sp³-hybridized carbons (Fsp3) is 0.438. The van der Waals surface area contributed by atoms with Crippen LogP contribution in [0, 0.1) is 18.3 Å². The normalized spacial score (nSPS) is 16.9. The second kappa shape index (κ2) is 6.95. The third-order valence-corrected chi connectivity index (χ3v) is 5.76. The van der Waals surface area contributed by atoms with Crippen molar-refractivity contribution >= 4 is 15.9 Å². The zero-order chi connectivity index (χ0) is 16.2. The van der Waals surface area contributed by atoms with Gasteiger partial charge in [0.05, 0.1) is 11.4 Å². The monoisotopic (exact) mass is 320 g/mol. The van der Waals surface area contributed by atoms with Gasteiger partial charge in [-0.1, -0.05) is 12.8 Å². The van der Waals surface area contributed by atoms with Crippen molar-refractivity contribution in [2.45, 2.75) is 24.7 Å². The Bertz CT molecular complexity index is 666. The average molecular weight is 320 g/mol. The molecule has 0 aromatic heterocycles. The average Bonchev–Trinajstić information content (AvgIpc) is 2.53. The lowest BCUT2D eigenvalue weighted by atomic mass is 10.0. The Morgan fingerprint density at radius 1 is 1.32 bits per heavy atom. The summed E-state index contributed by atoms with van der Waals surface area (Å²) in [4.78, 5) is 12.0. The molecule has 0 bridgehead atoms. The van der Waals surface area contributed by atoms with E-state index in [1.54, 1.807) is 0 Å². The van der Waals surface area contributed by atoms with Gasteiger partial charge in [-0.3, -0.25) is 4.79 Å². The summed E-state index contributed by atoms with van der Waals surface area (Å²) in [5.41, 5.74) is 0.390. The van der Waals surface area contributed by atoms with E-state index in [1.165, 1.54) is 28.6 Å². The van der Waals surface area contributed by atoms with E-state index < -0.39 is 10.0 Å². The summed E-state index contributed by atoms with van der Waals surface area (Å²) in [7, 11) is -3.48. The third kappa shape index (κ3) is 3.67. The van der Waals surface area contributed by atoms with Crippen LogP contribution in [0.15, 0.2) is 29.2 Å². The number of sulfonamides is 1. The van der Waals surface area contributed by atoms with Gasteiger partial charge in [0.2, 0.25) is 10.0 Å². The molecular formula is C16H20N2O3S. The van der Waals surface area contributed by atoms with Crippen LogP contribution < -0.4 is 5.32 Å². The summed E-state index contributed by atoms with van der Waals surface area (Å²) < 4.78 is 26.6. The molecule has 1 amide bonds. The van der Waals surface area contributed by atoms with E-state index >= 15 is 0 Å². The summed E-state index contributed by atoms with van der Waals surface area (Å²) in [5, 5.41) is 2.54. The molecule has 1 aromatic carbocycles. The van der Waals surface area contributed by atoms with Gasteiger partial charge in [0.25, 0.3) is 5.91 Å². The minimum Gasteiger partial charge on any atom is -0.341 e. The Morgan fingerprint density at radius 3 is 2.45 bits per heavy atom. The number of terminal acetylenes is 1. The smallest absolute Gasteiger partial charge is 0.252 e. The minimum atomic E-state index is -3.48. The summed E-state index contributed by atoms with van der Waals surface area (Å²) in [5.74, 6) is 2.57. The number of rotatable bonds is 4. The van der Waals surface area contributed by atoms with Gasteiger partial charge < -0.3 is 5.32 Å². The van der Waals surface area contributed by atoms with Crippen molar-refractivity contribution in [1.29, 1.82) is 0 Å². The zero-order valence-corrected chi connectivity index (χ0v) is 13.4. The first-order chi connectivity index (χ1) is 10.4. The first-order valence-electron chi connectivity index (χ1n) is 7.27. The molecular weight excluding hydrogens is 300 g/mol. The lowest BCUT2D eigenvalue weighted by Crippen LogP contribution is -2.37. The molecule has 0 aliphatic carbocycles. The van der Waals surface area contributed by atoms with E-state index in [0.29, 0.717) is 24.6 Å².